The first-order valence-electron chi connectivity index (χ1n) is 4.07. The van der Waals surface area contributed by atoms with Gasteiger partial charge in [-0.2, -0.15) is 5.26 Å². The van der Waals surface area contributed by atoms with Gasteiger partial charge in [-0.15, -0.1) is 0 Å². The van der Waals surface area contributed by atoms with E-state index in [9.17, 15) is 4.39 Å². The van der Waals surface area contributed by atoms with E-state index in [1.54, 1.807) is 0 Å². The van der Waals surface area contributed by atoms with Gasteiger partial charge < -0.3 is 5.73 Å². The molecule has 0 aliphatic rings. The molecule has 0 bridgehead atoms. The molecule has 0 aliphatic heterocycles. The second-order valence-corrected chi connectivity index (χ2v) is 4.14. The number of pyridine rings is 1. The van der Waals surface area contributed by atoms with Gasteiger partial charge in [-0.25, -0.2) is 4.39 Å². The molecule has 0 fully saturated rings. The summed E-state index contributed by atoms with van der Waals surface area (Å²) < 4.78 is 13.8. The maximum atomic E-state index is 13.1. The van der Waals surface area contributed by atoms with Crippen molar-refractivity contribution in [2.24, 2.45) is 0 Å². The van der Waals surface area contributed by atoms with E-state index in [-0.39, 0.29) is 17.1 Å². The number of rotatable bonds is 0. The van der Waals surface area contributed by atoms with Gasteiger partial charge in [0.1, 0.15) is 11.9 Å². The van der Waals surface area contributed by atoms with Crippen molar-refractivity contribution < 1.29 is 4.39 Å². The number of nitrogens with zero attached hydrogens (tertiary/aromatic N) is 2. The third-order valence-corrected chi connectivity index (χ3v) is 2.87. The second kappa shape index (κ2) is 3.62. The number of hydrogen-bond acceptors (Lipinski definition) is 3. The van der Waals surface area contributed by atoms with E-state index < -0.39 is 0 Å². The first-order valence-corrected chi connectivity index (χ1v) is 5.14. The Bertz CT molecular complexity index is 589. The van der Waals surface area contributed by atoms with Gasteiger partial charge >= 0.3 is 0 Å². The molecule has 0 unspecified atom stereocenters. The number of halogens is 2. The minimum Gasteiger partial charge on any atom is -0.397 e. The minimum atomic E-state index is -0.379. The fourth-order valence-corrected chi connectivity index (χ4v) is 2.06. The smallest absolute Gasteiger partial charge is 0.125 e. The highest BCUT2D eigenvalue weighted by Crippen LogP contribution is 2.26. The number of aromatic nitrogens is 1. The number of nitriles is 1. The summed E-state index contributed by atoms with van der Waals surface area (Å²) in [6.45, 7) is 0. The standard InChI is InChI=1S/C10H5FIN3/c11-6-1-7-9(14)5(3-13)4-15-10(7)8(12)2-6/h1-2,4H,(H2,14,15). The first kappa shape index (κ1) is 10.1. The van der Waals surface area contributed by atoms with Crippen LogP contribution in [0.15, 0.2) is 18.3 Å². The summed E-state index contributed by atoms with van der Waals surface area (Å²) >= 11 is 1.98. The highest BCUT2D eigenvalue weighted by Gasteiger charge is 2.09. The average Bonchev–Trinajstić information content (AvgIpc) is 2.19. The van der Waals surface area contributed by atoms with Gasteiger partial charge in [-0.3, -0.25) is 4.98 Å². The highest BCUT2D eigenvalue weighted by atomic mass is 127. The van der Waals surface area contributed by atoms with Crippen LogP contribution in [0.3, 0.4) is 0 Å². The average molecular weight is 313 g/mol. The molecule has 74 valence electrons. The predicted molar refractivity (Wildman–Crippen MR) is 63.5 cm³/mol. The summed E-state index contributed by atoms with van der Waals surface area (Å²) in [5, 5.41) is 9.24. The SMILES string of the molecule is N#Cc1cnc2c(I)cc(F)cc2c1N. The molecule has 2 rings (SSSR count). The zero-order valence-electron chi connectivity index (χ0n) is 7.46. The molecule has 0 aliphatic carbocycles. The lowest BCUT2D eigenvalue weighted by Gasteiger charge is -2.04. The van der Waals surface area contributed by atoms with Gasteiger partial charge in [0, 0.05) is 15.2 Å². The lowest BCUT2D eigenvalue weighted by Crippen LogP contribution is -1.96. The summed E-state index contributed by atoms with van der Waals surface area (Å²) in [4.78, 5) is 4.08. The summed E-state index contributed by atoms with van der Waals surface area (Å²) in [7, 11) is 0. The van der Waals surface area contributed by atoms with Gasteiger partial charge in [0.2, 0.25) is 0 Å². The third kappa shape index (κ3) is 1.61. The molecule has 0 radical (unpaired) electrons. The molecule has 15 heavy (non-hydrogen) atoms. The molecule has 1 aromatic heterocycles. The van der Waals surface area contributed by atoms with Crippen molar-refractivity contribution in [3.63, 3.8) is 0 Å². The molecule has 0 saturated heterocycles. The molecule has 0 spiro atoms. The van der Waals surface area contributed by atoms with Crippen LogP contribution in [0.4, 0.5) is 10.1 Å². The van der Waals surface area contributed by atoms with E-state index in [1.165, 1.54) is 18.3 Å². The van der Waals surface area contributed by atoms with Crippen LogP contribution in [0.1, 0.15) is 5.56 Å². The van der Waals surface area contributed by atoms with Gasteiger partial charge in [0.25, 0.3) is 0 Å². The Kier molecular flexibility index (Phi) is 2.44. The van der Waals surface area contributed by atoms with Crippen molar-refractivity contribution >= 4 is 39.2 Å². The Morgan fingerprint density at radius 1 is 1.47 bits per heavy atom. The van der Waals surface area contributed by atoms with Crippen molar-refractivity contribution in [2.75, 3.05) is 5.73 Å². The van der Waals surface area contributed by atoms with E-state index in [0.717, 1.165) is 0 Å². The van der Waals surface area contributed by atoms with Crippen molar-refractivity contribution in [3.05, 3.63) is 33.3 Å². The maximum absolute atomic E-state index is 13.1. The van der Waals surface area contributed by atoms with Crippen LogP contribution in [0.25, 0.3) is 10.9 Å². The Hall–Kier alpha value is -1.42. The number of nitrogen functional groups attached to an aromatic ring is 1. The number of fused-ring (bicyclic) bond motifs is 1. The van der Waals surface area contributed by atoms with E-state index in [1.807, 2.05) is 28.7 Å². The van der Waals surface area contributed by atoms with Gasteiger partial charge in [0.15, 0.2) is 0 Å². The summed E-state index contributed by atoms with van der Waals surface area (Å²) in [5.74, 6) is -0.379. The fraction of sp³-hybridized carbons (Fsp3) is 0. The largest absolute Gasteiger partial charge is 0.397 e. The molecule has 2 aromatic rings. The molecular weight excluding hydrogens is 308 g/mol. The number of benzene rings is 1. The van der Waals surface area contributed by atoms with Gasteiger partial charge in [0.05, 0.1) is 16.8 Å². The Morgan fingerprint density at radius 3 is 2.87 bits per heavy atom. The molecule has 0 saturated carbocycles. The van der Waals surface area contributed by atoms with E-state index in [0.29, 0.717) is 14.5 Å². The van der Waals surface area contributed by atoms with Crippen molar-refractivity contribution in [3.8, 4) is 6.07 Å². The topological polar surface area (TPSA) is 62.7 Å². The zero-order valence-corrected chi connectivity index (χ0v) is 9.62. The Labute approximate surface area is 98.9 Å². The van der Waals surface area contributed by atoms with Crippen LogP contribution in [-0.2, 0) is 0 Å². The van der Waals surface area contributed by atoms with Crippen LogP contribution in [0, 0.1) is 20.7 Å². The monoisotopic (exact) mass is 313 g/mol. The maximum Gasteiger partial charge on any atom is 0.125 e. The molecule has 0 atom stereocenters. The fourth-order valence-electron chi connectivity index (χ4n) is 1.34. The highest BCUT2D eigenvalue weighted by molar-refractivity contribution is 14.1. The predicted octanol–water partition coefficient (Wildman–Crippen LogP) is 2.43. The number of anilines is 1. The minimum absolute atomic E-state index is 0.268. The van der Waals surface area contributed by atoms with E-state index in [4.69, 9.17) is 11.0 Å². The van der Waals surface area contributed by atoms with E-state index in [2.05, 4.69) is 4.98 Å². The molecular formula is C10H5FIN3. The molecule has 3 nitrogen and oxygen atoms in total. The quantitative estimate of drug-likeness (QED) is 0.760. The van der Waals surface area contributed by atoms with Gasteiger partial charge in [-0.1, -0.05) is 0 Å². The van der Waals surface area contributed by atoms with Crippen molar-refractivity contribution in [2.45, 2.75) is 0 Å². The van der Waals surface area contributed by atoms with Crippen LogP contribution in [0.2, 0.25) is 0 Å². The molecule has 0 amide bonds. The summed E-state index contributed by atoms with van der Waals surface area (Å²) in [6.07, 6.45) is 1.40. The third-order valence-electron chi connectivity index (χ3n) is 2.05. The Morgan fingerprint density at radius 2 is 2.20 bits per heavy atom. The van der Waals surface area contributed by atoms with Crippen molar-refractivity contribution in [1.29, 1.82) is 5.26 Å². The molecule has 2 N–H and O–H groups in total. The summed E-state index contributed by atoms with van der Waals surface area (Å²) in [6, 6.07) is 4.58. The lowest BCUT2D eigenvalue weighted by molar-refractivity contribution is 0.629. The van der Waals surface area contributed by atoms with Crippen LogP contribution >= 0.6 is 22.6 Å². The van der Waals surface area contributed by atoms with Gasteiger partial charge in [-0.05, 0) is 34.7 Å². The van der Waals surface area contributed by atoms with E-state index >= 15 is 0 Å². The lowest BCUT2D eigenvalue weighted by atomic mass is 10.1. The zero-order chi connectivity index (χ0) is 11.0. The number of nitrogens with two attached hydrogens (primary N) is 1. The molecule has 1 aromatic carbocycles. The summed E-state index contributed by atoms with van der Waals surface area (Å²) in [5.41, 5.74) is 6.90. The second-order valence-electron chi connectivity index (χ2n) is 2.98. The van der Waals surface area contributed by atoms with Crippen LogP contribution in [0.5, 0.6) is 0 Å². The number of hydrogen-bond donors (Lipinski definition) is 1. The van der Waals surface area contributed by atoms with Crippen molar-refractivity contribution in [1.82, 2.24) is 4.98 Å². The normalized spacial score (nSPS) is 10.2. The Balaban J connectivity index is 2.94. The molecule has 1 heterocycles. The first-order chi connectivity index (χ1) is 7.13. The molecule has 5 heteroatoms. The van der Waals surface area contributed by atoms with Crippen LogP contribution < -0.4 is 5.73 Å². The van der Waals surface area contributed by atoms with Crippen LogP contribution in [-0.4, -0.2) is 4.98 Å².